The molecule has 2 heterocycles. The van der Waals surface area contributed by atoms with Gasteiger partial charge >= 0.3 is 13.6 Å². The number of nitrogens with zero attached hydrogens (tertiary/aromatic N) is 4. The largest absolute Gasteiger partial charge is 0.467 e. The molecule has 2 atom stereocenters. The lowest BCUT2D eigenvalue weighted by Crippen LogP contribution is -2.30. The second-order valence-electron chi connectivity index (χ2n) is 5.86. The molecule has 0 bridgehead atoms. The Morgan fingerprint density at radius 1 is 1.52 bits per heavy atom. The average molecular weight is 343 g/mol. The summed E-state index contributed by atoms with van der Waals surface area (Å²) in [5, 5.41) is 10.4. The molecule has 0 aromatic carbocycles. The van der Waals surface area contributed by atoms with Crippen LogP contribution in [-0.4, -0.2) is 53.3 Å². The molecule has 126 valence electrons. The molecular formula is C12H18N5O5P. The molecule has 11 heteroatoms. The molecule has 0 aliphatic heterocycles. The van der Waals surface area contributed by atoms with Gasteiger partial charge in [0, 0.05) is 6.04 Å². The Morgan fingerprint density at radius 2 is 2.26 bits per heavy atom. The van der Waals surface area contributed by atoms with Gasteiger partial charge in [-0.3, -0.25) is 4.57 Å². The fourth-order valence-corrected chi connectivity index (χ4v) is 4.17. The number of rotatable bonds is 4. The zero-order chi connectivity index (χ0) is 16.8. The van der Waals surface area contributed by atoms with Gasteiger partial charge in [0.15, 0.2) is 17.0 Å². The van der Waals surface area contributed by atoms with E-state index in [1.807, 2.05) is 0 Å². The zero-order valence-electron chi connectivity index (χ0n) is 12.5. The number of aliphatic hydroxyl groups is 1. The standard InChI is InChI=1S/C12H18N5O5P/c1-22-11-15-9(13)8-10(16-11)17(6-14-8)7-2-3-12(18,4-7)5-23(19,20)21/h6-7,18H,2-5H2,1H3,(H2,13,15,16)(H2,19,20,21)/t7-,12-/m0/s1. The van der Waals surface area contributed by atoms with Crippen LogP contribution in [0.4, 0.5) is 5.82 Å². The molecule has 0 radical (unpaired) electrons. The summed E-state index contributed by atoms with van der Waals surface area (Å²) in [7, 11) is -2.87. The summed E-state index contributed by atoms with van der Waals surface area (Å²) >= 11 is 0. The van der Waals surface area contributed by atoms with E-state index in [-0.39, 0.29) is 24.3 Å². The Morgan fingerprint density at radius 3 is 2.91 bits per heavy atom. The van der Waals surface area contributed by atoms with E-state index in [2.05, 4.69) is 15.0 Å². The van der Waals surface area contributed by atoms with Gasteiger partial charge in [-0.1, -0.05) is 0 Å². The number of ether oxygens (including phenoxy) is 1. The quantitative estimate of drug-likeness (QED) is 0.563. The van der Waals surface area contributed by atoms with Crippen LogP contribution in [0.2, 0.25) is 0 Å². The summed E-state index contributed by atoms with van der Waals surface area (Å²) in [5.41, 5.74) is 5.32. The predicted octanol–water partition coefficient (Wildman–Crippen LogP) is 0.0509. The number of hydrogen-bond donors (Lipinski definition) is 4. The van der Waals surface area contributed by atoms with Gasteiger partial charge in [0.25, 0.3) is 0 Å². The van der Waals surface area contributed by atoms with Gasteiger partial charge in [-0.05, 0) is 19.3 Å². The maximum Gasteiger partial charge on any atom is 0.328 e. The minimum atomic E-state index is -4.29. The number of hydrogen-bond acceptors (Lipinski definition) is 7. The lowest BCUT2D eigenvalue weighted by Gasteiger charge is -2.23. The molecule has 1 aliphatic rings. The van der Waals surface area contributed by atoms with Gasteiger partial charge in [-0.2, -0.15) is 9.97 Å². The van der Waals surface area contributed by atoms with Crippen molar-refractivity contribution in [3.8, 4) is 6.01 Å². The second kappa shape index (κ2) is 5.41. The van der Waals surface area contributed by atoms with E-state index < -0.39 is 19.4 Å². The van der Waals surface area contributed by atoms with Gasteiger partial charge in [0.05, 0.1) is 25.2 Å². The van der Waals surface area contributed by atoms with E-state index in [4.69, 9.17) is 20.3 Å². The highest BCUT2D eigenvalue weighted by Gasteiger charge is 2.43. The van der Waals surface area contributed by atoms with Crippen LogP contribution < -0.4 is 10.5 Å². The minimum absolute atomic E-state index is 0.111. The predicted molar refractivity (Wildman–Crippen MR) is 81.0 cm³/mol. The van der Waals surface area contributed by atoms with Crippen molar-refractivity contribution < 1.29 is 24.2 Å². The first kappa shape index (κ1) is 16.1. The number of nitrogens with two attached hydrogens (primary N) is 1. The monoisotopic (exact) mass is 343 g/mol. The second-order valence-corrected chi connectivity index (χ2v) is 7.51. The summed E-state index contributed by atoms with van der Waals surface area (Å²) in [5.74, 6) is 0.189. The smallest absolute Gasteiger partial charge is 0.328 e. The topological polar surface area (TPSA) is 157 Å². The van der Waals surface area contributed by atoms with E-state index in [9.17, 15) is 9.67 Å². The lowest BCUT2D eigenvalue weighted by atomic mass is 10.1. The number of fused-ring (bicyclic) bond motifs is 1. The van der Waals surface area contributed by atoms with Gasteiger partial charge < -0.3 is 29.9 Å². The maximum absolute atomic E-state index is 11.2. The fourth-order valence-electron chi connectivity index (χ4n) is 3.12. The molecule has 0 amide bonds. The van der Waals surface area contributed by atoms with E-state index in [1.54, 1.807) is 10.9 Å². The van der Waals surface area contributed by atoms with Crippen molar-refractivity contribution >= 4 is 24.6 Å². The third-order valence-corrected chi connectivity index (χ3v) is 5.06. The van der Waals surface area contributed by atoms with E-state index in [0.29, 0.717) is 24.0 Å². The molecule has 1 saturated carbocycles. The van der Waals surface area contributed by atoms with Gasteiger partial charge in [0.2, 0.25) is 0 Å². The SMILES string of the molecule is COc1nc(N)c2ncn([C@H]3CC[C@@](O)(CP(=O)(O)O)C3)c2n1. The van der Waals surface area contributed by atoms with Crippen LogP contribution >= 0.6 is 7.60 Å². The summed E-state index contributed by atoms with van der Waals surface area (Å²) in [6.45, 7) is 0. The highest BCUT2D eigenvalue weighted by molar-refractivity contribution is 7.51. The Bertz CT molecular complexity index is 789. The van der Waals surface area contributed by atoms with Gasteiger partial charge in [-0.25, -0.2) is 4.98 Å². The van der Waals surface area contributed by atoms with Crippen LogP contribution in [0.25, 0.3) is 11.2 Å². The van der Waals surface area contributed by atoms with Gasteiger partial charge in [-0.15, -0.1) is 0 Å². The molecule has 0 unspecified atom stereocenters. The molecule has 1 aliphatic carbocycles. The summed E-state index contributed by atoms with van der Waals surface area (Å²) in [6, 6.07) is -0.0733. The Balaban J connectivity index is 1.93. The Labute approximate surface area is 131 Å². The van der Waals surface area contributed by atoms with Gasteiger partial charge in [0.1, 0.15) is 0 Å². The molecule has 0 spiro atoms. The number of anilines is 1. The molecular weight excluding hydrogens is 325 g/mol. The maximum atomic E-state index is 11.2. The highest BCUT2D eigenvalue weighted by atomic mass is 31.2. The summed E-state index contributed by atoms with van der Waals surface area (Å²) in [4.78, 5) is 30.6. The van der Waals surface area contributed by atoms with Crippen LogP contribution in [0.5, 0.6) is 6.01 Å². The summed E-state index contributed by atoms with van der Waals surface area (Å²) in [6.07, 6.45) is 2.04. The normalized spacial score (nSPS) is 25.1. The van der Waals surface area contributed by atoms with Crippen molar-refractivity contribution in [3.63, 3.8) is 0 Å². The van der Waals surface area contributed by atoms with Crippen LogP contribution in [0.15, 0.2) is 6.33 Å². The first-order valence-corrected chi connectivity index (χ1v) is 8.81. The first-order valence-electron chi connectivity index (χ1n) is 7.02. The van der Waals surface area contributed by atoms with Crippen molar-refractivity contribution in [1.29, 1.82) is 0 Å². The fraction of sp³-hybridized carbons (Fsp3) is 0.583. The van der Waals surface area contributed by atoms with E-state index in [1.165, 1.54) is 7.11 Å². The molecule has 2 aromatic rings. The van der Waals surface area contributed by atoms with Crippen molar-refractivity contribution in [3.05, 3.63) is 6.33 Å². The summed E-state index contributed by atoms with van der Waals surface area (Å²) < 4.78 is 17.9. The van der Waals surface area contributed by atoms with E-state index in [0.717, 1.165) is 0 Å². The molecule has 3 rings (SSSR count). The van der Waals surface area contributed by atoms with Crippen LogP contribution in [0.1, 0.15) is 25.3 Å². The van der Waals surface area contributed by atoms with Crippen LogP contribution in [-0.2, 0) is 4.57 Å². The molecule has 5 N–H and O–H groups in total. The molecule has 2 aromatic heterocycles. The number of imidazole rings is 1. The highest BCUT2D eigenvalue weighted by Crippen LogP contribution is 2.47. The van der Waals surface area contributed by atoms with Crippen molar-refractivity contribution in [2.45, 2.75) is 30.9 Å². The van der Waals surface area contributed by atoms with Crippen LogP contribution in [0.3, 0.4) is 0 Å². The molecule has 10 nitrogen and oxygen atoms in total. The molecule has 1 fully saturated rings. The molecule has 23 heavy (non-hydrogen) atoms. The van der Waals surface area contributed by atoms with Crippen LogP contribution in [0, 0.1) is 0 Å². The average Bonchev–Trinajstić information content (AvgIpc) is 3.00. The van der Waals surface area contributed by atoms with E-state index >= 15 is 0 Å². The number of methoxy groups -OCH3 is 1. The Kier molecular flexibility index (Phi) is 3.80. The van der Waals surface area contributed by atoms with Crippen molar-refractivity contribution in [2.24, 2.45) is 0 Å². The number of aromatic nitrogens is 4. The van der Waals surface area contributed by atoms with Crippen molar-refractivity contribution in [2.75, 3.05) is 19.0 Å². The zero-order valence-corrected chi connectivity index (χ0v) is 13.3. The molecule has 0 saturated heterocycles. The van der Waals surface area contributed by atoms with Crippen molar-refractivity contribution in [1.82, 2.24) is 19.5 Å². The first-order chi connectivity index (χ1) is 10.7. The Hall–Kier alpha value is -1.74. The third-order valence-electron chi connectivity index (χ3n) is 4.06. The minimum Gasteiger partial charge on any atom is -0.467 e. The lowest BCUT2D eigenvalue weighted by molar-refractivity contribution is 0.0625. The third kappa shape index (κ3) is 3.16. The number of nitrogen functional groups attached to an aromatic ring is 1.